The summed E-state index contributed by atoms with van der Waals surface area (Å²) >= 11 is 0. The van der Waals surface area contributed by atoms with E-state index in [1.807, 2.05) is 13.8 Å². The molecule has 0 spiro atoms. The number of rotatable bonds is 1. The van der Waals surface area contributed by atoms with Gasteiger partial charge < -0.3 is 15.6 Å². The maximum Gasteiger partial charge on any atom is 0.314 e. The van der Waals surface area contributed by atoms with Crippen molar-refractivity contribution in [3.8, 4) is 0 Å². The molecule has 0 radical (unpaired) electrons. The van der Waals surface area contributed by atoms with E-state index in [2.05, 4.69) is 11.3 Å². The highest BCUT2D eigenvalue weighted by molar-refractivity contribution is 5.92. The number of hydrogen-bond acceptors (Lipinski definition) is 5. The van der Waals surface area contributed by atoms with Gasteiger partial charge in [-0.05, 0) is 13.8 Å². The van der Waals surface area contributed by atoms with Gasteiger partial charge in [-0.2, -0.15) is 0 Å². The SMILES string of the molecule is C=C(C)C.NCCO.O=C1CCC(=O)O1. The van der Waals surface area contributed by atoms with Crippen LogP contribution in [-0.2, 0) is 14.3 Å². The fourth-order valence-corrected chi connectivity index (χ4v) is 0.433. The quantitative estimate of drug-likeness (QED) is 0.376. The summed E-state index contributed by atoms with van der Waals surface area (Å²) in [7, 11) is 0. The van der Waals surface area contributed by atoms with E-state index in [4.69, 9.17) is 10.8 Å². The van der Waals surface area contributed by atoms with Gasteiger partial charge in [0.2, 0.25) is 0 Å². The molecule has 0 atom stereocenters. The Morgan fingerprint density at radius 2 is 1.67 bits per heavy atom. The minimum absolute atomic E-state index is 0.0972. The molecule has 0 saturated carbocycles. The van der Waals surface area contributed by atoms with Crippen molar-refractivity contribution in [3.05, 3.63) is 12.2 Å². The van der Waals surface area contributed by atoms with Gasteiger partial charge in [0.15, 0.2) is 0 Å². The van der Waals surface area contributed by atoms with Gasteiger partial charge in [0, 0.05) is 6.54 Å². The predicted molar refractivity (Wildman–Crippen MR) is 57.0 cm³/mol. The molecule has 1 rings (SSSR count). The highest BCUT2D eigenvalue weighted by Gasteiger charge is 2.19. The van der Waals surface area contributed by atoms with E-state index in [1.165, 1.54) is 5.57 Å². The first kappa shape index (κ1) is 16.2. The van der Waals surface area contributed by atoms with Crippen LogP contribution in [0.1, 0.15) is 26.7 Å². The predicted octanol–water partition coefficient (Wildman–Crippen LogP) is 0.370. The molecule has 1 aliphatic heterocycles. The minimum atomic E-state index is -0.398. The lowest BCUT2D eigenvalue weighted by Gasteiger charge is -1.79. The molecule has 0 aliphatic carbocycles. The molecule has 1 fully saturated rings. The fraction of sp³-hybridized carbons (Fsp3) is 0.600. The number of nitrogens with two attached hydrogens (primary N) is 1. The topological polar surface area (TPSA) is 89.6 Å². The molecule has 1 saturated heterocycles. The van der Waals surface area contributed by atoms with Gasteiger partial charge in [-0.1, -0.05) is 5.57 Å². The maximum absolute atomic E-state index is 10.0. The van der Waals surface area contributed by atoms with Crippen LogP contribution in [0.15, 0.2) is 12.2 Å². The van der Waals surface area contributed by atoms with Crippen LogP contribution in [-0.4, -0.2) is 30.2 Å². The number of esters is 2. The Kier molecular flexibility index (Phi) is 11.8. The molecular formula is C10H19NO4. The van der Waals surface area contributed by atoms with Crippen LogP contribution < -0.4 is 5.73 Å². The first-order chi connectivity index (χ1) is 6.93. The third-order valence-electron chi connectivity index (χ3n) is 0.890. The van der Waals surface area contributed by atoms with E-state index in [-0.39, 0.29) is 19.4 Å². The number of aliphatic hydroxyl groups excluding tert-OH is 1. The molecule has 0 aromatic carbocycles. The Balaban J connectivity index is 0. The molecule has 5 heteroatoms. The number of ether oxygens (including phenoxy) is 1. The van der Waals surface area contributed by atoms with Crippen molar-refractivity contribution in [2.75, 3.05) is 13.2 Å². The number of cyclic esters (lactones) is 2. The summed E-state index contributed by atoms with van der Waals surface area (Å²) in [5, 5.41) is 7.75. The van der Waals surface area contributed by atoms with Crippen LogP contribution in [0.4, 0.5) is 0 Å². The number of carbonyl (C=O) groups excluding carboxylic acids is 2. The van der Waals surface area contributed by atoms with Crippen molar-refractivity contribution >= 4 is 11.9 Å². The largest absolute Gasteiger partial charge is 0.395 e. The molecule has 5 nitrogen and oxygen atoms in total. The molecule has 0 bridgehead atoms. The number of carbonyl (C=O) groups is 2. The second-order valence-corrected chi connectivity index (χ2v) is 3.07. The van der Waals surface area contributed by atoms with Gasteiger partial charge in [0.05, 0.1) is 19.4 Å². The molecule has 0 aromatic rings. The Labute approximate surface area is 89.9 Å². The van der Waals surface area contributed by atoms with E-state index in [9.17, 15) is 9.59 Å². The third-order valence-corrected chi connectivity index (χ3v) is 0.890. The summed E-state index contributed by atoms with van der Waals surface area (Å²) in [6.07, 6.45) is 0.525. The highest BCUT2D eigenvalue weighted by atomic mass is 16.6. The van der Waals surface area contributed by atoms with Gasteiger partial charge in [0.1, 0.15) is 0 Å². The zero-order chi connectivity index (χ0) is 12.3. The lowest BCUT2D eigenvalue weighted by molar-refractivity contribution is -0.151. The Hall–Kier alpha value is -1.20. The second kappa shape index (κ2) is 10.9. The van der Waals surface area contributed by atoms with Gasteiger partial charge in [0.25, 0.3) is 0 Å². The maximum atomic E-state index is 10.0. The molecule has 1 heterocycles. The summed E-state index contributed by atoms with van der Waals surface area (Å²) in [5.41, 5.74) is 5.94. The van der Waals surface area contributed by atoms with E-state index < -0.39 is 11.9 Å². The van der Waals surface area contributed by atoms with Crippen LogP contribution in [0.5, 0.6) is 0 Å². The minimum Gasteiger partial charge on any atom is -0.395 e. The number of allylic oxidation sites excluding steroid dienone is 1. The average Bonchev–Trinajstić information content (AvgIpc) is 2.49. The first-order valence-corrected chi connectivity index (χ1v) is 4.60. The summed E-state index contributed by atoms with van der Waals surface area (Å²) in [4.78, 5) is 20.0. The van der Waals surface area contributed by atoms with Crippen molar-refractivity contribution in [1.82, 2.24) is 0 Å². The van der Waals surface area contributed by atoms with Gasteiger partial charge in [-0.25, -0.2) is 0 Å². The molecule has 1 aliphatic rings. The molecule has 3 N–H and O–H groups in total. The van der Waals surface area contributed by atoms with Crippen molar-refractivity contribution in [1.29, 1.82) is 0 Å². The zero-order valence-electron chi connectivity index (χ0n) is 9.28. The Morgan fingerprint density at radius 3 is 1.73 bits per heavy atom. The van der Waals surface area contributed by atoms with E-state index in [0.29, 0.717) is 6.54 Å². The summed E-state index contributed by atoms with van der Waals surface area (Å²) in [5.74, 6) is -0.796. The zero-order valence-corrected chi connectivity index (χ0v) is 9.28. The van der Waals surface area contributed by atoms with Crippen molar-refractivity contribution in [2.24, 2.45) is 5.73 Å². The van der Waals surface area contributed by atoms with Crippen molar-refractivity contribution < 1.29 is 19.4 Å². The lowest BCUT2D eigenvalue weighted by Crippen LogP contribution is -2.02. The Bertz CT molecular complexity index is 193. The molecular weight excluding hydrogens is 198 g/mol. The molecule has 0 amide bonds. The van der Waals surface area contributed by atoms with E-state index >= 15 is 0 Å². The van der Waals surface area contributed by atoms with Crippen molar-refractivity contribution in [3.63, 3.8) is 0 Å². The third kappa shape index (κ3) is 19.3. The van der Waals surface area contributed by atoms with Gasteiger partial charge in [-0.15, -0.1) is 6.58 Å². The summed E-state index contributed by atoms with van der Waals surface area (Å²) < 4.78 is 4.08. The molecule has 88 valence electrons. The first-order valence-electron chi connectivity index (χ1n) is 4.60. The van der Waals surface area contributed by atoms with Crippen LogP contribution in [0.3, 0.4) is 0 Å². The smallest absolute Gasteiger partial charge is 0.314 e. The van der Waals surface area contributed by atoms with E-state index in [1.54, 1.807) is 0 Å². The fourth-order valence-electron chi connectivity index (χ4n) is 0.433. The van der Waals surface area contributed by atoms with Crippen LogP contribution in [0.2, 0.25) is 0 Å². The van der Waals surface area contributed by atoms with Gasteiger partial charge in [-0.3, -0.25) is 9.59 Å². The standard InChI is InChI=1S/C4H4O3.C4H8.C2H7NO/c5-3-1-2-4(6)7-3;1-4(2)3;3-1-2-4/h1-2H2;1H2,2-3H3;4H,1-3H2. The molecule has 0 unspecified atom stereocenters. The van der Waals surface area contributed by atoms with Crippen LogP contribution in [0.25, 0.3) is 0 Å². The average molecular weight is 217 g/mol. The molecule has 0 aromatic heterocycles. The number of aliphatic hydroxyl groups is 1. The second-order valence-electron chi connectivity index (χ2n) is 3.07. The summed E-state index contributed by atoms with van der Waals surface area (Å²) in [6.45, 7) is 7.97. The summed E-state index contributed by atoms with van der Waals surface area (Å²) in [6, 6.07) is 0. The van der Waals surface area contributed by atoms with Crippen molar-refractivity contribution in [2.45, 2.75) is 26.7 Å². The van der Waals surface area contributed by atoms with Gasteiger partial charge >= 0.3 is 11.9 Å². The lowest BCUT2D eigenvalue weighted by atomic mass is 10.4. The Morgan fingerprint density at radius 1 is 1.40 bits per heavy atom. The number of hydrogen-bond donors (Lipinski definition) is 2. The normalized spacial score (nSPS) is 13.1. The molecule has 15 heavy (non-hydrogen) atoms. The monoisotopic (exact) mass is 217 g/mol. The van der Waals surface area contributed by atoms with Crippen LogP contribution in [0, 0.1) is 0 Å². The van der Waals surface area contributed by atoms with Crippen LogP contribution >= 0.6 is 0 Å². The highest BCUT2D eigenvalue weighted by Crippen LogP contribution is 2.03. The van der Waals surface area contributed by atoms with E-state index in [0.717, 1.165) is 0 Å².